The second-order valence-corrected chi connectivity index (χ2v) is 8.55. The molecule has 0 unspecified atom stereocenters. The lowest BCUT2D eigenvalue weighted by molar-refractivity contribution is 0.0726. The van der Waals surface area contributed by atoms with Crippen LogP contribution in [0.5, 0.6) is 0 Å². The molecule has 1 aromatic carbocycles. The van der Waals surface area contributed by atoms with E-state index in [-0.39, 0.29) is 17.5 Å². The van der Waals surface area contributed by atoms with Crippen molar-refractivity contribution < 1.29 is 4.79 Å². The number of hydrogen-bond donors (Lipinski definition) is 0. The van der Waals surface area contributed by atoms with Crippen molar-refractivity contribution in [2.45, 2.75) is 59.2 Å². The van der Waals surface area contributed by atoms with E-state index in [2.05, 4.69) is 17.2 Å². The fourth-order valence-corrected chi connectivity index (χ4v) is 4.11. The van der Waals surface area contributed by atoms with Crippen LogP contribution in [0, 0.1) is 20.8 Å². The van der Waals surface area contributed by atoms with Gasteiger partial charge in [0.15, 0.2) is 0 Å². The molecule has 0 saturated heterocycles. The third kappa shape index (κ3) is 4.33. The number of nitrogens with zero attached hydrogens (tertiary/aromatic N) is 4. The lowest BCUT2D eigenvalue weighted by atomic mass is 10.1. The van der Waals surface area contributed by atoms with Gasteiger partial charge in [0.1, 0.15) is 5.56 Å². The van der Waals surface area contributed by atoms with Crippen LogP contribution in [0.15, 0.2) is 47.4 Å². The largest absolute Gasteiger partial charge is 0.331 e. The number of amides is 1. The number of pyridine rings is 1. The molecule has 0 spiro atoms. The van der Waals surface area contributed by atoms with Gasteiger partial charge in [0.05, 0.1) is 5.69 Å². The molecule has 1 saturated carbocycles. The van der Waals surface area contributed by atoms with Gasteiger partial charge >= 0.3 is 0 Å². The molecule has 31 heavy (non-hydrogen) atoms. The van der Waals surface area contributed by atoms with Gasteiger partial charge in [0.2, 0.25) is 0 Å². The monoisotopic (exact) mass is 418 g/mol. The van der Waals surface area contributed by atoms with Crippen LogP contribution in [0.1, 0.15) is 51.3 Å². The molecule has 1 aliphatic rings. The van der Waals surface area contributed by atoms with Crippen molar-refractivity contribution in [3.05, 3.63) is 86.6 Å². The maximum Gasteiger partial charge on any atom is 0.263 e. The number of aryl methyl sites for hydroxylation is 5. The third-order valence-corrected chi connectivity index (χ3v) is 6.31. The van der Waals surface area contributed by atoms with E-state index in [0.717, 1.165) is 41.8 Å². The molecule has 3 aromatic rings. The summed E-state index contributed by atoms with van der Waals surface area (Å²) in [5.41, 5.74) is 5.05. The Morgan fingerprint density at radius 2 is 1.84 bits per heavy atom. The van der Waals surface area contributed by atoms with Gasteiger partial charge in [-0.15, -0.1) is 0 Å². The Hall–Kier alpha value is -3.15. The van der Waals surface area contributed by atoms with Gasteiger partial charge in [0.25, 0.3) is 11.5 Å². The topological polar surface area (TPSA) is 60.1 Å². The quantitative estimate of drug-likeness (QED) is 0.590. The standard InChI is InChI=1S/C25H30N4O2/c1-17-12-14-28(15-13-20-8-6-5-7-9-20)24(30)23(17)25(31)29(21-10-11-21)16-22-18(2)26-27(4)19(22)3/h5-9,12,14,21H,10-11,13,15-16H2,1-4H3. The molecular weight excluding hydrogens is 388 g/mol. The van der Waals surface area contributed by atoms with Crippen molar-refractivity contribution in [3.63, 3.8) is 0 Å². The third-order valence-electron chi connectivity index (χ3n) is 6.31. The molecule has 0 atom stereocenters. The summed E-state index contributed by atoms with van der Waals surface area (Å²) in [7, 11) is 1.92. The summed E-state index contributed by atoms with van der Waals surface area (Å²) >= 11 is 0. The normalized spacial score (nSPS) is 13.4. The van der Waals surface area contributed by atoms with Crippen LogP contribution in [0.2, 0.25) is 0 Å². The lowest BCUT2D eigenvalue weighted by Crippen LogP contribution is -2.38. The van der Waals surface area contributed by atoms with E-state index in [1.807, 2.05) is 61.7 Å². The molecule has 1 fully saturated rings. The van der Waals surface area contributed by atoms with E-state index in [9.17, 15) is 9.59 Å². The van der Waals surface area contributed by atoms with Crippen LogP contribution in [0.4, 0.5) is 0 Å². The highest BCUT2D eigenvalue weighted by molar-refractivity contribution is 5.95. The SMILES string of the molecule is Cc1ccn(CCc2ccccc2)c(=O)c1C(=O)N(Cc1c(C)nn(C)c1C)C1CC1. The first-order valence-electron chi connectivity index (χ1n) is 10.9. The summed E-state index contributed by atoms with van der Waals surface area (Å²) in [6.45, 7) is 6.89. The Morgan fingerprint density at radius 1 is 1.13 bits per heavy atom. The molecule has 0 aliphatic heterocycles. The van der Waals surface area contributed by atoms with E-state index < -0.39 is 0 Å². The number of carbonyl (C=O) groups is 1. The highest BCUT2D eigenvalue weighted by Crippen LogP contribution is 2.31. The predicted molar refractivity (Wildman–Crippen MR) is 121 cm³/mol. The molecule has 2 heterocycles. The van der Waals surface area contributed by atoms with E-state index in [4.69, 9.17) is 0 Å². The second-order valence-electron chi connectivity index (χ2n) is 8.55. The van der Waals surface area contributed by atoms with Crippen LogP contribution >= 0.6 is 0 Å². The van der Waals surface area contributed by atoms with Crippen LogP contribution in [-0.2, 0) is 26.6 Å². The molecule has 0 N–H and O–H groups in total. The zero-order valence-electron chi connectivity index (χ0n) is 18.8. The zero-order chi connectivity index (χ0) is 22.1. The maximum atomic E-state index is 13.6. The van der Waals surface area contributed by atoms with Crippen LogP contribution in [0.25, 0.3) is 0 Å². The van der Waals surface area contributed by atoms with Crippen molar-refractivity contribution in [1.29, 1.82) is 0 Å². The Labute approximate surface area is 183 Å². The second kappa shape index (κ2) is 8.53. The first-order valence-corrected chi connectivity index (χ1v) is 10.9. The Morgan fingerprint density at radius 3 is 2.45 bits per heavy atom. The Kier molecular flexibility index (Phi) is 5.81. The summed E-state index contributed by atoms with van der Waals surface area (Å²) in [4.78, 5) is 28.8. The highest BCUT2D eigenvalue weighted by Gasteiger charge is 2.35. The van der Waals surface area contributed by atoms with Gasteiger partial charge in [-0.1, -0.05) is 30.3 Å². The molecular formula is C25H30N4O2. The number of aromatic nitrogens is 3. The van der Waals surface area contributed by atoms with Gasteiger partial charge in [-0.25, -0.2) is 0 Å². The fourth-order valence-electron chi connectivity index (χ4n) is 4.11. The minimum atomic E-state index is -0.203. The Bertz CT molecular complexity index is 1160. The summed E-state index contributed by atoms with van der Waals surface area (Å²) < 4.78 is 3.52. The van der Waals surface area contributed by atoms with Crippen LogP contribution in [-0.4, -0.2) is 31.2 Å². The minimum absolute atomic E-state index is 0.165. The van der Waals surface area contributed by atoms with E-state index in [1.54, 1.807) is 10.8 Å². The van der Waals surface area contributed by atoms with Gasteiger partial charge < -0.3 is 9.47 Å². The summed E-state index contributed by atoms with van der Waals surface area (Å²) in [6.07, 6.45) is 4.52. The average molecular weight is 419 g/mol. The average Bonchev–Trinajstić information content (AvgIpc) is 3.55. The predicted octanol–water partition coefficient (Wildman–Crippen LogP) is 3.55. The summed E-state index contributed by atoms with van der Waals surface area (Å²) in [5.74, 6) is -0.165. The molecule has 0 bridgehead atoms. The molecule has 6 nitrogen and oxygen atoms in total. The van der Waals surface area contributed by atoms with Crippen molar-refractivity contribution >= 4 is 5.91 Å². The van der Waals surface area contributed by atoms with Crippen molar-refractivity contribution in [2.75, 3.05) is 0 Å². The number of hydrogen-bond acceptors (Lipinski definition) is 3. The summed E-state index contributed by atoms with van der Waals surface area (Å²) in [6, 6.07) is 12.2. The smallest absolute Gasteiger partial charge is 0.263 e. The van der Waals surface area contributed by atoms with Crippen molar-refractivity contribution in [1.82, 2.24) is 19.2 Å². The molecule has 0 radical (unpaired) electrons. The molecule has 162 valence electrons. The fraction of sp³-hybridized carbons (Fsp3) is 0.400. The minimum Gasteiger partial charge on any atom is -0.331 e. The van der Waals surface area contributed by atoms with Crippen LogP contribution < -0.4 is 5.56 Å². The highest BCUT2D eigenvalue weighted by atomic mass is 16.2. The van der Waals surface area contributed by atoms with Gasteiger partial charge in [-0.05, 0) is 57.2 Å². The maximum absolute atomic E-state index is 13.6. The van der Waals surface area contributed by atoms with E-state index in [1.165, 1.54) is 5.56 Å². The number of benzene rings is 1. The summed E-state index contributed by atoms with van der Waals surface area (Å²) in [5, 5.41) is 4.49. The Balaban J connectivity index is 1.62. The lowest BCUT2D eigenvalue weighted by Gasteiger charge is -2.24. The van der Waals surface area contributed by atoms with Gasteiger partial charge in [-0.3, -0.25) is 14.3 Å². The van der Waals surface area contributed by atoms with Crippen molar-refractivity contribution in [3.8, 4) is 0 Å². The zero-order valence-corrected chi connectivity index (χ0v) is 18.8. The van der Waals surface area contributed by atoms with Gasteiger partial charge in [-0.2, -0.15) is 5.10 Å². The van der Waals surface area contributed by atoms with Gasteiger partial charge in [0, 0.05) is 43.6 Å². The van der Waals surface area contributed by atoms with E-state index >= 15 is 0 Å². The number of carbonyl (C=O) groups excluding carboxylic acids is 1. The molecule has 6 heteroatoms. The molecule has 4 rings (SSSR count). The van der Waals surface area contributed by atoms with Crippen LogP contribution in [0.3, 0.4) is 0 Å². The molecule has 1 aliphatic carbocycles. The van der Waals surface area contributed by atoms with E-state index in [0.29, 0.717) is 18.7 Å². The molecule has 1 amide bonds. The number of rotatable bonds is 7. The molecule has 2 aromatic heterocycles. The first-order chi connectivity index (χ1) is 14.9. The van der Waals surface area contributed by atoms with Crippen molar-refractivity contribution in [2.24, 2.45) is 7.05 Å². The first kappa shape index (κ1) is 21.1.